The molecule has 0 aromatic heterocycles. The summed E-state index contributed by atoms with van der Waals surface area (Å²) >= 11 is 0. The zero-order valence-corrected chi connectivity index (χ0v) is 7.58. The molecule has 0 radical (unpaired) electrons. The first-order chi connectivity index (χ1) is 6.36. The van der Waals surface area contributed by atoms with Gasteiger partial charge in [0.25, 0.3) is 0 Å². The van der Waals surface area contributed by atoms with E-state index in [9.17, 15) is 0 Å². The van der Waals surface area contributed by atoms with Crippen molar-refractivity contribution >= 4 is 5.90 Å². The molecule has 0 spiro atoms. The van der Waals surface area contributed by atoms with Crippen LogP contribution in [0.2, 0.25) is 0 Å². The fourth-order valence-electron chi connectivity index (χ4n) is 1.21. The first-order valence-corrected chi connectivity index (χ1v) is 4.31. The first kappa shape index (κ1) is 8.26. The summed E-state index contributed by atoms with van der Waals surface area (Å²) in [4.78, 5) is 4.21. The summed E-state index contributed by atoms with van der Waals surface area (Å²) in [7, 11) is 0. The monoisotopic (exact) mass is 176 g/mol. The van der Waals surface area contributed by atoms with Crippen LogP contribution in [-0.2, 0) is 4.74 Å². The van der Waals surface area contributed by atoms with Gasteiger partial charge in [0.2, 0.25) is 5.90 Å². The Hall–Kier alpha value is -1.35. The Bertz CT molecular complexity index is 316. The average molecular weight is 176 g/mol. The van der Waals surface area contributed by atoms with Crippen molar-refractivity contribution in [2.45, 2.75) is 6.92 Å². The molecule has 0 saturated carbocycles. The van der Waals surface area contributed by atoms with Crippen molar-refractivity contribution in [2.24, 2.45) is 4.99 Å². The molecule has 1 aliphatic rings. The van der Waals surface area contributed by atoms with Gasteiger partial charge in [-0.05, 0) is 19.1 Å². The second kappa shape index (κ2) is 3.58. The van der Waals surface area contributed by atoms with E-state index >= 15 is 0 Å². The van der Waals surface area contributed by atoms with Gasteiger partial charge in [-0.2, -0.15) is 0 Å². The van der Waals surface area contributed by atoms with E-state index in [1.54, 1.807) is 0 Å². The molecule has 2 rings (SSSR count). The molecule has 3 nitrogen and oxygen atoms in total. The van der Waals surface area contributed by atoms with Gasteiger partial charge in [-0.15, -0.1) is 0 Å². The van der Waals surface area contributed by atoms with Crippen molar-refractivity contribution in [2.75, 3.05) is 13.4 Å². The lowest BCUT2D eigenvalue weighted by atomic mass is 10.1. The molecule has 1 aliphatic heterocycles. The van der Waals surface area contributed by atoms with Gasteiger partial charge in [0.1, 0.15) is 6.73 Å². The van der Waals surface area contributed by atoms with E-state index < -0.39 is 0 Å². The molecule has 1 N–H and O–H groups in total. The smallest absolute Gasteiger partial charge is 0.218 e. The lowest BCUT2D eigenvalue weighted by Crippen LogP contribution is -2.27. The zero-order chi connectivity index (χ0) is 9.10. The molecule has 68 valence electrons. The van der Waals surface area contributed by atoms with Gasteiger partial charge in [0, 0.05) is 5.56 Å². The number of ether oxygens (including phenoxy) is 1. The van der Waals surface area contributed by atoms with Crippen molar-refractivity contribution in [3.63, 3.8) is 0 Å². The molecule has 0 bridgehead atoms. The van der Waals surface area contributed by atoms with Crippen molar-refractivity contribution in [3.05, 3.63) is 35.4 Å². The topological polar surface area (TPSA) is 33.6 Å². The molecule has 0 fully saturated rings. The van der Waals surface area contributed by atoms with E-state index in [0.29, 0.717) is 13.4 Å². The molecular formula is C10H12N2O. The molecule has 0 saturated heterocycles. The predicted octanol–water partition coefficient (Wildman–Crippen LogP) is 1.28. The third-order valence-electron chi connectivity index (χ3n) is 1.94. The summed E-state index contributed by atoms with van der Waals surface area (Å²) in [6, 6.07) is 8.17. The van der Waals surface area contributed by atoms with Crippen LogP contribution in [0.3, 0.4) is 0 Å². The molecule has 1 aromatic rings. The summed E-state index contributed by atoms with van der Waals surface area (Å²) in [6.45, 7) is 3.25. The highest BCUT2D eigenvalue weighted by Crippen LogP contribution is 2.06. The molecule has 13 heavy (non-hydrogen) atoms. The molecule has 0 aliphatic carbocycles. The third kappa shape index (κ3) is 1.87. The Morgan fingerprint density at radius 2 is 2.08 bits per heavy atom. The van der Waals surface area contributed by atoms with Gasteiger partial charge in [0.05, 0.1) is 6.67 Å². The summed E-state index contributed by atoms with van der Waals surface area (Å²) in [5, 5.41) is 2.99. The van der Waals surface area contributed by atoms with Crippen LogP contribution < -0.4 is 5.32 Å². The Morgan fingerprint density at radius 3 is 2.69 bits per heavy atom. The van der Waals surface area contributed by atoms with E-state index in [1.165, 1.54) is 5.56 Å². The maximum atomic E-state index is 5.34. The third-order valence-corrected chi connectivity index (χ3v) is 1.94. The minimum absolute atomic E-state index is 0.548. The molecule has 3 heteroatoms. The fraction of sp³-hybridized carbons (Fsp3) is 0.300. The number of benzene rings is 1. The molecular weight excluding hydrogens is 164 g/mol. The van der Waals surface area contributed by atoms with Crippen LogP contribution in [0.4, 0.5) is 0 Å². The number of nitrogens with zero attached hydrogens (tertiary/aromatic N) is 1. The average Bonchev–Trinajstić information content (AvgIpc) is 2.20. The zero-order valence-electron chi connectivity index (χ0n) is 7.58. The quantitative estimate of drug-likeness (QED) is 0.699. The second-order valence-electron chi connectivity index (χ2n) is 3.03. The van der Waals surface area contributed by atoms with Crippen molar-refractivity contribution < 1.29 is 4.74 Å². The van der Waals surface area contributed by atoms with Crippen LogP contribution >= 0.6 is 0 Å². The van der Waals surface area contributed by atoms with Gasteiger partial charge < -0.3 is 4.74 Å². The number of hydrogen-bond donors (Lipinski definition) is 1. The lowest BCUT2D eigenvalue weighted by molar-refractivity contribution is 0.254. The van der Waals surface area contributed by atoms with E-state index in [4.69, 9.17) is 4.74 Å². The summed E-state index contributed by atoms with van der Waals surface area (Å²) in [5.41, 5.74) is 2.30. The molecule has 0 unspecified atom stereocenters. The van der Waals surface area contributed by atoms with Crippen LogP contribution in [0.1, 0.15) is 11.1 Å². The predicted molar refractivity (Wildman–Crippen MR) is 51.7 cm³/mol. The van der Waals surface area contributed by atoms with Crippen LogP contribution in [0.25, 0.3) is 0 Å². The highest BCUT2D eigenvalue weighted by molar-refractivity contribution is 5.94. The summed E-state index contributed by atoms with van der Waals surface area (Å²) in [6.07, 6.45) is 0. The van der Waals surface area contributed by atoms with Gasteiger partial charge in [-0.3, -0.25) is 5.32 Å². The summed E-state index contributed by atoms with van der Waals surface area (Å²) in [5.74, 6) is 0.735. The summed E-state index contributed by atoms with van der Waals surface area (Å²) < 4.78 is 5.34. The van der Waals surface area contributed by atoms with Crippen molar-refractivity contribution in [3.8, 4) is 0 Å². The Labute approximate surface area is 77.4 Å². The number of aliphatic imine (C=N–C) groups is 1. The molecule has 1 heterocycles. The van der Waals surface area contributed by atoms with Gasteiger partial charge in [0.15, 0.2) is 0 Å². The second-order valence-corrected chi connectivity index (χ2v) is 3.03. The molecule has 1 aromatic carbocycles. The fourth-order valence-corrected chi connectivity index (χ4v) is 1.21. The molecule has 0 amide bonds. The van der Waals surface area contributed by atoms with E-state index in [2.05, 4.69) is 29.4 Å². The Balaban J connectivity index is 2.24. The van der Waals surface area contributed by atoms with Crippen LogP contribution in [0, 0.1) is 6.92 Å². The number of hydrogen-bond acceptors (Lipinski definition) is 3. The number of nitrogens with one attached hydrogen (secondary N) is 1. The highest BCUT2D eigenvalue weighted by Gasteiger charge is 2.06. The maximum absolute atomic E-state index is 5.34. The van der Waals surface area contributed by atoms with Crippen LogP contribution in [0.5, 0.6) is 0 Å². The lowest BCUT2D eigenvalue weighted by Gasteiger charge is -2.14. The van der Waals surface area contributed by atoms with Crippen molar-refractivity contribution in [1.82, 2.24) is 5.32 Å². The Morgan fingerprint density at radius 1 is 1.31 bits per heavy atom. The first-order valence-electron chi connectivity index (χ1n) is 4.31. The Kier molecular flexibility index (Phi) is 2.27. The van der Waals surface area contributed by atoms with Gasteiger partial charge in [-0.1, -0.05) is 17.7 Å². The largest absolute Gasteiger partial charge is 0.461 e. The minimum Gasteiger partial charge on any atom is -0.461 e. The number of rotatable bonds is 1. The normalized spacial score (nSPS) is 16.2. The van der Waals surface area contributed by atoms with Crippen molar-refractivity contribution in [1.29, 1.82) is 0 Å². The van der Waals surface area contributed by atoms with Crippen LogP contribution in [-0.4, -0.2) is 19.3 Å². The SMILES string of the molecule is Cc1ccc(C2=NCNCO2)cc1. The van der Waals surface area contributed by atoms with E-state index in [0.717, 1.165) is 11.5 Å². The van der Waals surface area contributed by atoms with E-state index in [-0.39, 0.29) is 0 Å². The van der Waals surface area contributed by atoms with Gasteiger partial charge in [-0.25, -0.2) is 4.99 Å². The maximum Gasteiger partial charge on any atom is 0.218 e. The highest BCUT2D eigenvalue weighted by atomic mass is 16.5. The standard InChI is InChI=1S/C10H12N2O/c1-8-2-4-9(5-3-8)10-12-6-11-7-13-10/h2-5,11H,6-7H2,1H3. The van der Waals surface area contributed by atoms with Gasteiger partial charge >= 0.3 is 0 Å². The molecule has 0 atom stereocenters. The van der Waals surface area contributed by atoms with E-state index in [1.807, 2.05) is 12.1 Å². The minimum atomic E-state index is 0.548. The van der Waals surface area contributed by atoms with Crippen LogP contribution in [0.15, 0.2) is 29.3 Å². The number of aryl methyl sites for hydroxylation is 1.